The monoisotopic (exact) mass is 401 g/mol. The molecule has 1 aromatic heterocycles. The highest BCUT2D eigenvalue weighted by molar-refractivity contribution is 6.43. The Morgan fingerprint density at radius 1 is 1.14 bits per heavy atom. The van der Waals surface area contributed by atoms with Gasteiger partial charge in [-0.2, -0.15) is 0 Å². The number of carbonyl (C=O) groups excluding carboxylic acids is 3. The number of hydrogen-bond acceptors (Lipinski definition) is 3. The highest BCUT2D eigenvalue weighted by Crippen LogP contribution is 2.24. The smallest absolute Gasteiger partial charge is 0.294 e. The summed E-state index contributed by atoms with van der Waals surface area (Å²) in [7, 11) is 1.65. The Labute approximate surface area is 170 Å². The lowest BCUT2D eigenvalue weighted by atomic mass is 10.0. The molecule has 0 saturated carbocycles. The topological polar surface area (TPSA) is 80.2 Å². The van der Waals surface area contributed by atoms with Gasteiger partial charge in [0.1, 0.15) is 5.82 Å². The highest BCUT2D eigenvalue weighted by atomic mass is 19.1. The number of nitrogens with one attached hydrogen (secondary N) is 2. The molecule has 2 N–H and O–H groups in total. The van der Waals surface area contributed by atoms with Crippen LogP contribution >= 0.6 is 0 Å². The van der Waals surface area contributed by atoms with Crippen molar-refractivity contribution in [2.75, 3.05) is 5.32 Å². The summed E-state index contributed by atoms with van der Waals surface area (Å²) in [6.07, 6.45) is 0.669. The number of benzene rings is 1. The Kier molecular flexibility index (Phi) is 6.30. The molecule has 0 radical (unpaired) electrons. The number of ketones is 1. The SMILES string of the molecule is CCC(C)(C)NC(=O)C(=O)c1c(C)c(C(=O)Nc2ccc(F)c(C)c2)c(C)n1C. The minimum Gasteiger partial charge on any atom is -0.344 e. The van der Waals surface area contributed by atoms with Crippen LogP contribution in [0.4, 0.5) is 10.1 Å². The van der Waals surface area contributed by atoms with Gasteiger partial charge in [0.2, 0.25) is 0 Å². The number of aromatic nitrogens is 1. The summed E-state index contributed by atoms with van der Waals surface area (Å²) in [6.45, 7) is 10.6. The Balaban J connectivity index is 2.36. The molecule has 1 heterocycles. The van der Waals surface area contributed by atoms with Crippen LogP contribution in [-0.4, -0.2) is 27.7 Å². The van der Waals surface area contributed by atoms with E-state index in [0.717, 1.165) is 0 Å². The normalized spacial score (nSPS) is 11.3. The molecule has 1 aromatic carbocycles. The van der Waals surface area contributed by atoms with Crippen LogP contribution in [0.2, 0.25) is 0 Å². The molecule has 29 heavy (non-hydrogen) atoms. The van der Waals surface area contributed by atoms with Gasteiger partial charge in [-0.15, -0.1) is 0 Å². The molecule has 0 atom stereocenters. The third kappa shape index (κ3) is 4.55. The molecule has 7 heteroatoms. The van der Waals surface area contributed by atoms with Crippen LogP contribution in [0.5, 0.6) is 0 Å². The van der Waals surface area contributed by atoms with Gasteiger partial charge in [-0.05, 0) is 70.4 Å². The van der Waals surface area contributed by atoms with Gasteiger partial charge in [-0.3, -0.25) is 14.4 Å². The molecule has 0 fully saturated rings. The molecule has 2 rings (SSSR count). The summed E-state index contributed by atoms with van der Waals surface area (Å²) in [6, 6.07) is 4.29. The zero-order chi connectivity index (χ0) is 22.1. The molecule has 0 spiro atoms. The van der Waals surface area contributed by atoms with E-state index in [-0.39, 0.29) is 11.5 Å². The lowest BCUT2D eigenvalue weighted by Crippen LogP contribution is -2.46. The van der Waals surface area contributed by atoms with Gasteiger partial charge in [-0.25, -0.2) is 4.39 Å². The fourth-order valence-electron chi connectivity index (χ4n) is 3.11. The van der Waals surface area contributed by atoms with E-state index in [2.05, 4.69) is 10.6 Å². The van der Waals surface area contributed by atoms with E-state index in [4.69, 9.17) is 0 Å². The van der Waals surface area contributed by atoms with Crippen LogP contribution in [0.3, 0.4) is 0 Å². The summed E-state index contributed by atoms with van der Waals surface area (Å²) in [5.41, 5.74) is 1.83. The van der Waals surface area contributed by atoms with Crippen LogP contribution in [-0.2, 0) is 11.8 Å². The Morgan fingerprint density at radius 3 is 2.31 bits per heavy atom. The first-order valence-corrected chi connectivity index (χ1v) is 9.49. The number of amides is 2. The van der Waals surface area contributed by atoms with Gasteiger partial charge >= 0.3 is 0 Å². The summed E-state index contributed by atoms with van der Waals surface area (Å²) in [5, 5.41) is 5.46. The second kappa shape index (κ2) is 8.19. The summed E-state index contributed by atoms with van der Waals surface area (Å²) in [5.74, 6) is -2.17. The molecule has 6 nitrogen and oxygen atoms in total. The zero-order valence-electron chi connectivity index (χ0n) is 18.0. The number of aryl methyl sites for hydroxylation is 1. The number of halogens is 1. The minimum absolute atomic E-state index is 0.173. The molecule has 0 aliphatic rings. The van der Waals surface area contributed by atoms with Gasteiger partial charge in [-0.1, -0.05) is 6.92 Å². The minimum atomic E-state index is -0.707. The number of anilines is 1. The molecule has 0 unspecified atom stereocenters. The number of carbonyl (C=O) groups is 3. The Bertz CT molecular complexity index is 990. The van der Waals surface area contributed by atoms with Crippen molar-refractivity contribution in [1.29, 1.82) is 0 Å². The molecule has 2 amide bonds. The molecule has 156 valence electrons. The third-order valence-electron chi connectivity index (χ3n) is 5.33. The quantitative estimate of drug-likeness (QED) is 0.570. The number of hydrogen-bond donors (Lipinski definition) is 2. The predicted octanol–water partition coefficient (Wildman–Crippen LogP) is 3.83. The van der Waals surface area contributed by atoms with Crippen LogP contribution in [0, 0.1) is 26.6 Å². The van der Waals surface area contributed by atoms with Crippen molar-refractivity contribution in [2.24, 2.45) is 7.05 Å². The lowest BCUT2D eigenvalue weighted by Gasteiger charge is -2.24. The first-order chi connectivity index (χ1) is 13.4. The average molecular weight is 401 g/mol. The highest BCUT2D eigenvalue weighted by Gasteiger charge is 2.30. The standard InChI is InChI=1S/C22H28FN3O3/c1-8-22(5,6)25-21(29)19(27)18-13(3)17(14(4)26(18)7)20(28)24-15-9-10-16(23)12(2)11-15/h9-11H,8H2,1-7H3,(H,24,28)(H,25,29). The summed E-state index contributed by atoms with van der Waals surface area (Å²) >= 11 is 0. The average Bonchev–Trinajstić information content (AvgIpc) is 2.86. The molecule has 0 saturated heterocycles. The fourth-order valence-corrected chi connectivity index (χ4v) is 3.11. The van der Waals surface area contributed by atoms with Crippen molar-refractivity contribution in [3.63, 3.8) is 0 Å². The van der Waals surface area contributed by atoms with Crippen LogP contribution in [0.15, 0.2) is 18.2 Å². The Morgan fingerprint density at radius 2 is 1.76 bits per heavy atom. The van der Waals surface area contributed by atoms with Gasteiger partial charge in [0.05, 0.1) is 11.3 Å². The van der Waals surface area contributed by atoms with E-state index in [1.54, 1.807) is 32.4 Å². The van der Waals surface area contributed by atoms with E-state index in [1.807, 2.05) is 20.8 Å². The maximum Gasteiger partial charge on any atom is 0.294 e. The van der Waals surface area contributed by atoms with Crippen molar-refractivity contribution >= 4 is 23.3 Å². The van der Waals surface area contributed by atoms with Crippen LogP contribution < -0.4 is 10.6 Å². The molecule has 0 aliphatic heterocycles. The first-order valence-electron chi connectivity index (χ1n) is 9.49. The van der Waals surface area contributed by atoms with Crippen molar-refractivity contribution in [3.8, 4) is 0 Å². The fraction of sp³-hybridized carbons (Fsp3) is 0.409. The number of rotatable bonds is 6. The van der Waals surface area contributed by atoms with Gasteiger partial charge < -0.3 is 15.2 Å². The van der Waals surface area contributed by atoms with Gasteiger partial charge in [0.15, 0.2) is 0 Å². The second-order valence-electron chi connectivity index (χ2n) is 7.93. The van der Waals surface area contributed by atoms with E-state index in [0.29, 0.717) is 34.5 Å². The molecular weight excluding hydrogens is 373 g/mol. The Hall–Kier alpha value is -2.96. The molecule has 2 aromatic rings. The summed E-state index contributed by atoms with van der Waals surface area (Å²) < 4.78 is 15.0. The first kappa shape index (κ1) is 22.3. The van der Waals surface area contributed by atoms with E-state index < -0.39 is 23.1 Å². The van der Waals surface area contributed by atoms with Crippen molar-refractivity contribution < 1.29 is 18.8 Å². The maximum absolute atomic E-state index is 13.5. The van der Waals surface area contributed by atoms with Crippen LogP contribution in [0.1, 0.15) is 64.9 Å². The maximum atomic E-state index is 13.5. The van der Waals surface area contributed by atoms with E-state index in [1.165, 1.54) is 18.2 Å². The van der Waals surface area contributed by atoms with Crippen molar-refractivity contribution in [3.05, 3.63) is 52.1 Å². The third-order valence-corrected chi connectivity index (χ3v) is 5.33. The van der Waals surface area contributed by atoms with Crippen molar-refractivity contribution in [1.82, 2.24) is 9.88 Å². The largest absolute Gasteiger partial charge is 0.344 e. The van der Waals surface area contributed by atoms with E-state index in [9.17, 15) is 18.8 Å². The van der Waals surface area contributed by atoms with E-state index >= 15 is 0 Å². The number of Topliss-reactive ketones (excluding diaryl/α,β-unsaturated/α-hetero) is 1. The van der Waals surface area contributed by atoms with Crippen LogP contribution in [0.25, 0.3) is 0 Å². The van der Waals surface area contributed by atoms with Gasteiger partial charge in [0.25, 0.3) is 17.6 Å². The molecule has 0 aliphatic carbocycles. The molecular formula is C22H28FN3O3. The zero-order valence-corrected chi connectivity index (χ0v) is 18.0. The predicted molar refractivity (Wildman–Crippen MR) is 111 cm³/mol. The summed E-state index contributed by atoms with van der Waals surface area (Å²) in [4.78, 5) is 38.1. The number of nitrogens with zero attached hydrogens (tertiary/aromatic N) is 1. The second-order valence-corrected chi connectivity index (χ2v) is 7.93. The molecule has 0 bridgehead atoms. The van der Waals surface area contributed by atoms with Crippen molar-refractivity contribution in [2.45, 2.75) is 53.5 Å². The van der Waals surface area contributed by atoms with Gasteiger partial charge in [0, 0.05) is 24.0 Å². The lowest BCUT2D eigenvalue weighted by molar-refractivity contribution is -0.118.